The van der Waals surface area contributed by atoms with Crippen molar-refractivity contribution in [1.82, 2.24) is 9.80 Å². The second kappa shape index (κ2) is 5.70. The van der Waals surface area contributed by atoms with E-state index in [0.717, 1.165) is 6.21 Å². The molecule has 1 rings (SSSR count). The van der Waals surface area contributed by atoms with E-state index in [2.05, 4.69) is 5.16 Å². The molecule has 17 heavy (non-hydrogen) atoms. The first-order valence-corrected chi connectivity index (χ1v) is 4.67. The fourth-order valence-electron chi connectivity index (χ4n) is 1.29. The molecular weight excluding hydrogens is 246 g/mol. The zero-order valence-electron chi connectivity index (χ0n) is 9.86. The number of nitrogens with zero attached hydrogens (tertiary/aromatic N) is 3. The Hall–Kier alpha value is -1.53. The standard InChI is InChI=1S/C10H15N3O3.ClH/c1-12(2)9(14)8-4-5-10(15,7-11-16)13(3)6-8;/h4-7,15-16H,1-3H3;1H. The summed E-state index contributed by atoms with van der Waals surface area (Å²) in [6, 6.07) is 0. The minimum Gasteiger partial charge on any atom is -0.411 e. The normalized spacial score (nSPS) is 23.3. The molecule has 1 unspecified atom stereocenters. The molecule has 0 aromatic carbocycles. The summed E-state index contributed by atoms with van der Waals surface area (Å²) in [5.41, 5.74) is -1.05. The van der Waals surface area contributed by atoms with Crippen LogP contribution in [0.1, 0.15) is 0 Å². The number of amides is 1. The Morgan fingerprint density at radius 3 is 2.59 bits per heavy atom. The molecule has 0 spiro atoms. The van der Waals surface area contributed by atoms with Gasteiger partial charge in [-0.2, -0.15) is 0 Å². The summed E-state index contributed by atoms with van der Waals surface area (Å²) in [6.07, 6.45) is 5.33. The lowest BCUT2D eigenvalue weighted by atomic mass is 10.1. The Bertz CT molecular complexity index is 379. The lowest BCUT2D eigenvalue weighted by Crippen LogP contribution is -2.45. The molecular formula is C10H16ClN3O3. The molecule has 1 atom stereocenters. The lowest BCUT2D eigenvalue weighted by molar-refractivity contribution is -0.124. The molecule has 1 amide bonds. The van der Waals surface area contributed by atoms with Crippen molar-refractivity contribution in [3.63, 3.8) is 0 Å². The lowest BCUT2D eigenvalue weighted by Gasteiger charge is -2.33. The third-order valence-electron chi connectivity index (χ3n) is 2.31. The largest absolute Gasteiger partial charge is 0.411 e. The van der Waals surface area contributed by atoms with Crippen molar-refractivity contribution in [2.45, 2.75) is 5.72 Å². The molecule has 0 radical (unpaired) electrons. The topological polar surface area (TPSA) is 76.4 Å². The van der Waals surface area contributed by atoms with Gasteiger partial charge in [-0.1, -0.05) is 5.16 Å². The highest BCUT2D eigenvalue weighted by atomic mass is 35.5. The first-order chi connectivity index (χ1) is 7.40. The average Bonchev–Trinajstić information content (AvgIpc) is 2.21. The maximum absolute atomic E-state index is 11.6. The number of hydrogen-bond donors (Lipinski definition) is 2. The first-order valence-electron chi connectivity index (χ1n) is 4.67. The highest BCUT2D eigenvalue weighted by molar-refractivity contribution is 5.96. The van der Waals surface area contributed by atoms with Crippen molar-refractivity contribution >= 4 is 24.5 Å². The van der Waals surface area contributed by atoms with Crippen LogP contribution in [0.5, 0.6) is 0 Å². The minimum atomic E-state index is -1.50. The summed E-state index contributed by atoms with van der Waals surface area (Å²) < 4.78 is 0. The van der Waals surface area contributed by atoms with Crippen LogP contribution < -0.4 is 0 Å². The molecule has 96 valence electrons. The fourth-order valence-corrected chi connectivity index (χ4v) is 1.29. The third-order valence-corrected chi connectivity index (χ3v) is 2.31. The quantitative estimate of drug-likeness (QED) is 0.418. The second-order valence-electron chi connectivity index (χ2n) is 3.76. The Balaban J connectivity index is 0.00000256. The van der Waals surface area contributed by atoms with Gasteiger partial charge in [0.2, 0.25) is 0 Å². The van der Waals surface area contributed by atoms with Gasteiger partial charge in [0, 0.05) is 27.3 Å². The summed E-state index contributed by atoms with van der Waals surface area (Å²) in [5, 5.41) is 21.2. The van der Waals surface area contributed by atoms with Crippen LogP contribution in [-0.2, 0) is 4.79 Å². The van der Waals surface area contributed by atoms with E-state index in [0.29, 0.717) is 5.57 Å². The molecule has 1 aliphatic rings. The molecule has 1 heterocycles. The van der Waals surface area contributed by atoms with Gasteiger partial charge in [-0.05, 0) is 12.2 Å². The molecule has 0 aromatic rings. The van der Waals surface area contributed by atoms with Crippen LogP contribution >= 0.6 is 12.4 Å². The minimum absolute atomic E-state index is 0. The zero-order valence-corrected chi connectivity index (χ0v) is 10.7. The molecule has 1 aliphatic heterocycles. The Kier molecular flexibility index (Phi) is 5.18. The zero-order chi connectivity index (χ0) is 12.3. The van der Waals surface area contributed by atoms with Crippen LogP contribution in [0.3, 0.4) is 0 Å². The number of rotatable bonds is 2. The van der Waals surface area contributed by atoms with E-state index in [1.54, 1.807) is 21.1 Å². The van der Waals surface area contributed by atoms with Crippen molar-refractivity contribution in [2.24, 2.45) is 5.16 Å². The SMILES string of the molecule is CN(C)C(=O)C1=CN(C)C(O)(C=NO)C=C1.Cl. The second-order valence-corrected chi connectivity index (χ2v) is 3.76. The third kappa shape index (κ3) is 3.21. The number of carbonyl (C=O) groups is 1. The van der Waals surface area contributed by atoms with Gasteiger partial charge in [-0.25, -0.2) is 0 Å². The summed E-state index contributed by atoms with van der Waals surface area (Å²) in [6.45, 7) is 0. The van der Waals surface area contributed by atoms with Gasteiger partial charge in [0.05, 0.1) is 5.57 Å². The number of halogens is 1. The highest BCUT2D eigenvalue weighted by Gasteiger charge is 2.29. The van der Waals surface area contributed by atoms with E-state index in [4.69, 9.17) is 5.21 Å². The van der Waals surface area contributed by atoms with E-state index in [1.807, 2.05) is 0 Å². The molecule has 6 nitrogen and oxygen atoms in total. The van der Waals surface area contributed by atoms with Gasteiger partial charge in [-0.15, -0.1) is 12.4 Å². The van der Waals surface area contributed by atoms with Crippen LogP contribution in [0.2, 0.25) is 0 Å². The van der Waals surface area contributed by atoms with Crippen LogP contribution in [0.4, 0.5) is 0 Å². The molecule has 0 aromatic heterocycles. The van der Waals surface area contributed by atoms with Crippen LogP contribution in [0, 0.1) is 0 Å². The van der Waals surface area contributed by atoms with E-state index in [-0.39, 0.29) is 18.3 Å². The van der Waals surface area contributed by atoms with Gasteiger partial charge in [0.1, 0.15) is 6.21 Å². The van der Waals surface area contributed by atoms with Crippen molar-refractivity contribution in [2.75, 3.05) is 21.1 Å². The number of hydrogen-bond acceptors (Lipinski definition) is 5. The Morgan fingerprint density at radius 1 is 1.59 bits per heavy atom. The average molecular weight is 262 g/mol. The first kappa shape index (κ1) is 15.5. The van der Waals surface area contributed by atoms with Crippen molar-refractivity contribution in [1.29, 1.82) is 0 Å². The predicted molar refractivity (Wildman–Crippen MR) is 66.2 cm³/mol. The van der Waals surface area contributed by atoms with Gasteiger partial charge in [0.25, 0.3) is 5.91 Å². The van der Waals surface area contributed by atoms with Gasteiger partial charge in [-0.3, -0.25) is 4.79 Å². The Labute approximate surface area is 106 Å². The predicted octanol–water partition coefficient (Wildman–Crippen LogP) is 0.0305. The van der Waals surface area contributed by atoms with Gasteiger partial charge in [0.15, 0.2) is 5.72 Å². The van der Waals surface area contributed by atoms with Crippen molar-refractivity contribution in [3.8, 4) is 0 Å². The molecule has 7 heteroatoms. The van der Waals surface area contributed by atoms with E-state index >= 15 is 0 Å². The van der Waals surface area contributed by atoms with Crippen LogP contribution in [0.15, 0.2) is 29.1 Å². The molecule has 0 saturated carbocycles. The Morgan fingerprint density at radius 2 is 2.18 bits per heavy atom. The fraction of sp³-hybridized carbons (Fsp3) is 0.400. The number of carbonyl (C=O) groups excluding carboxylic acids is 1. The van der Waals surface area contributed by atoms with Crippen LogP contribution in [-0.4, -0.2) is 59.1 Å². The van der Waals surface area contributed by atoms with Gasteiger partial charge >= 0.3 is 0 Å². The molecule has 2 N–H and O–H groups in total. The summed E-state index contributed by atoms with van der Waals surface area (Å²) in [7, 11) is 4.87. The summed E-state index contributed by atoms with van der Waals surface area (Å²) in [5.74, 6) is -0.161. The molecule has 0 fully saturated rings. The maximum Gasteiger partial charge on any atom is 0.254 e. The van der Waals surface area contributed by atoms with E-state index < -0.39 is 5.72 Å². The van der Waals surface area contributed by atoms with E-state index in [1.165, 1.54) is 28.2 Å². The molecule has 0 bridgehead atoms. The summed E-state index contributed by atoms with van der Waals surface area (Å²) in [4.78, 5) is 14.4. The van der Waals surface area contributed by atoms with E-state index in [9.17, 15) is 9.90 Å². The number of aliphatic hydroxyl groups is 1. The van der Waals surface area contributed by atoms with Crippen LogP contribution in [0.25, 0.3) is 0 Å². The smallest absolute Gasteiger partial charge is 0.254 e. The van der Waals surface area contributed by atoms with Crippen molar-refractivity contribution < 1.29 is 15.1 Å². The van der Waals surface area contributed by atoms with Gasteiger partial charge < -0.3 is 20.1 Å². The molecule has 0 saturated heterocycles. The highest BCUT2D eigenvalue weighted by Crippen LogP contribution is 2.19. The monoisotopic (exact) mass is 261 g/mol. The number of oxime groups is 1. The van der Waals surface area contributed by atoms with Crippen molar-refractivity contribution in [3.05, 3.63) is 23.9 Å². The number of likely N-dealkylation sites (N-methyl/N-ethyl adjacent to an activating group) is 2. The summed E-state index contributed by atoms with van der Waals surface area (Å²) >= 11 is 0. The molecule has 0 aliphatic carbocycles. The maximum atomic E-state index is 11.6.